The Morgan fingerprint density at radius 2 is 1.58 bits per heavy atom. The van der Waals surface area contributed by atoms with Gasteiger partial charge in [-0.15, -0.1) is 0 Å². The van der Waals surface area contributed by atoms with Gasteiger partial charge in [0.1, 0.15) is 11.5 Å². The minimum absolute atomic E-state index is 0.133. The fourth-order valence-electron chi connectivity index (χ4n) is 2.89. The molecule has 0 aromatic heterocycles. The number of hydrogen-bond acceptors (Lipinski definition) is 4. The van der Waals surface area contributed by atoms with Crippen LogP contribution in [0.3, 0.4) is 0 Å². The fraction of sp³-hybridized carbons (Fsp3) is 0.316. The van der Waals surface area contributed by atoms with Crippen molar-refractivity contribution in [2.45, 2.75) is 6.54 Å². The first-order chi connectivity index (χ1) is 11.7. The molecule has 0 atom stereocenters. The Morgan fingerprint density at radius 1 is 0.917 bits per heavy atom. The van der Waals surface area contributed by atoms with E-state index in [1.807, 2.05) is 47.4 Å². The van der Waals surface area contributed by atoms with Crippen molar-refractivity contribution in [3.8, 4) is 11.5 Å². The molecule has 0 unspecified atom stereocenters. The molecular weight excluding hydrogens is 304 g/mol. The number of carboxylic acid groups (broad SMARTS) is 1. The number of carboxylic acids is 1. The third-order valence-corrected chi connectivity index (χ3v) is 4.11. The smallest absolute Gasteiger partial charge is 0.317 e. The topological polar surface area (TPSA) is 53.0 Å². The van der Waals surface area contributed by atoms with E-state index in [1.165, 1.54) is 5.56 Å². The van der Waals surface area contributed by atoms with E-state index in [2.05, 4.69) is 17.0 Å². The highest BCUT2D eigenvalue weighted by Gasteiger charge is 2.18. The standard InChI is InChI=1S/C19H22N2O3/c22-19(23)15-21-11-9-20(10-12-21)14-16-5-4-8-18(13-16)24-17-6-2-1-3-7-17/h1-8,13H,9-12,14-15H2,(H,22,23). The van der Waals surface area contributed by atoms with Crippen molar-refractivity contribution in [2.24, 2.45) is 0 Å². The van der Waals surface area contributed by atoms with E-state index in [0.717, 1.165) is 44.2 Å². The Morgan fingerprint density at radius 3 is 2.29 bits per heavy atom. The van der Waals surface area contributed by atoms with Crippen LogP contribution >= 0.6 is 0 Å². The second-order valence-corrected chi connectivity index (χ2v) is 6.01. The zero-order valence-electron chi connectivity index (χ0n) is 13.6. The summed E-state index contributed by atoms with van der Waals surface area (Å²) < 4.78 is 5.88. The van der Waals surface area contributed by atoms with E-state index in [4.69, 9.17) is 9.84 Å². The molecule has 1 aliphatic rings. The van der Waals surface area contributed by atoms with Gasteiger partial charge < -0.3 is 9.84 Å². The van der Waals surface area contributed by atoms with E-state index in [0.29, 0.717) is 0 Å². The fourth-order valence-corrected chi connectivity index (χ4v) is 2.89. The Hall–Kier alpha value is -2.37. The van der Waals surface area contributed by atoms with Crippen molar-refractivity contribution in [2.75, 3.05) is 32.7 Å². The van der Waals surface area contributed by atoms with Crippen molar-refractivity contribution < 1.29 is 14.6 Å². The van der Waals surface area contributed by atoms with Crippen LogP contribution in [-0.4, -0.2) is 53.6 Å². The van der Waals surface area contributed by atoms with Gasteiger partial charge in [-0.25, -0.2) is 0 Å². The molecular formula is C19H22N2O3. The number of para-hydroxylation sites is 1. The zero-order valence-corrected chi connectivity index (χ0v) is 13.6. The summed E-state index contributed by atoms with van der Waals surface area (Å²) in [6.07, 6.45) is 0. The summed E-state index contributed by atoms with van der Waals surface area (Å²) in [5.74, 6) is 0.911. The number of aliphatic carboxylic acids is 1. The molecule has 0 bridgehead atoms. The Balaban J connectivity index is 1.55. The quantitative estimate of drug-likeness (QED) is 0.884. The number of benzene rings is 2. The molecule has 0 saturated carbocycles. The molecule has 2 aromatic rings. The van der Waals surface area contributed by atoms with Crippen LogP contribution in [0.4, 0.5) is 0 Å². The lowest BCUT2D eigenvalue weighted by Crippen LogP contribution is -2.47. The molecule has 0 spiro atoms. The summed E-state index contributed by atoms with van der Waals surface area (Å²) in [6.45, 7) is 4.36. The lowest BCUT2D eigenvalue weighted by Gasteiger charge is -2.33. The Labute approximate surface area is 142 Å². The average molecular weight is 326 g/mol. The normalized spacial score (nSPS) is 16.0. The number of ether oxygens (including phenoxy) is 1. The molecule has 2 aromatic carbocycles. The van der Waals surface area contributed by atoms with Crippen molar-refractivity contribution >= 4 is 5.97 Å². The lowest BCUT2D eigenvalue weighted by molar-refractivity contribution is -0.138. The van der Waals surface area contributed by atoms with Crippen LogP contribution in [0.1, 0.15) is 5.56 Å². The number of nitrogens with zero attached hydrogens (tertiary/aromatic N) is 2. The minimum atomic E-state index is -0.755. The van der Waals surface area contributed by atoms with Gasteiger partial charge >= 0.3 is 5.97 Å². The maximum atomic E-state index is 10.8. The van der Waals surface area contributed by atoms with Gasteiger partial charge in [-0.3, -0.25) is 14.6 Å². The van der Waals surface area contributed by atoms with E-state index in [1.54, 1.807) is 0 Å². The van der Waals surface area contributed by atoms with Gasteiger partial charge in [-0.2, -0.15) is 0 Å². The van der Waals surface area contributed by atoms with E-state index in [-0.39, 0.29) is 6.54 Å². The number of carbonyl (C=O) groups is 1. The van der Waals surface area contributed by atoms with Crippen molar-refractivity contribution in [3.05, 3.63) is 60.2 Å². The van der Waals surface area contributed by atoms with Gasteiger partial charge in [0.15, 0.2) is 0 Å². The monoisotopic (exact) mass is 326 g/mol. The first-order valence-electron chi connectivity index (χ1n) is 8.17. The maximum absolute atomic E-state index is 10.8. The number of rotatable bonds is 6. The van der Waals surface area contributed by atoms with Crippen LogP contribution in [0.25, 0.3) is 0 Å². The third-order valence-electron chi connectivity index (χ3n) is 4.11. The molecule has 126 valence electrons. The predicted molar refractivity (Wildman–Crippen MR) is 92.3 cm³/mol. The predicted octanol–water partition coefficient (Wildman–Crippen LogP) is 2.68. The maximum Gasteiger partial charge on any atom is 0.317 e. The summed E-state index contributed by atoms with van der Waals surface area (Å²) in [7, 11) is 0. The first-order valence-corrected chi connectivity index (χ1v) is 8.17. The van der Waals surface area contributed by atoms with Crippen LogP contribution < -0.4 is 4.74 Å². The summed E-state index contributed by atoms with van der Waals surface area (Å²) in [5, 5.41) is 8.85. The second-order valence-electron chi connectivity index (χ2n) is 6.01. The summed E-state index contributed by atoms with van der Waals surface area (Å²) >= 11 is 0. The van der Waals surface area contributed by atoms with E-state index < -0.39 is 5.97 Å². The van der Waals surface area contributed by atoms with Gasteiger partial charge in [-0.05, 0) is 29.8 Å². The zero-order chi connectivity index (χ0) is 16.8. The van der Waals surface area contributed by atoms with Crippen LogP contribution in [-0.2, 0) is 11.3 Å². The molecule has 0 amide bonds. The summed E-state index contributed by atoms with van der Waals surface area (Å²) in [4.78, 5) is 15.1. The summed E-state index contributed by atoms with van der Waals surface area (Å²) in [5.41, 5.74) is 1.20. The van der Waals surface area contributed by atoms with Crippen LogP contribution in [0.5, 0.6) is 11.5 Å². The molecule has 1 heterocycles. The van der Waals surface area contributed by atoms with Crippen LogP contribution in [0.15, 0.2) is 54.6 Å². The SMILES string of the molecule is O=C(O)CN1CCN(Cc2cccc(Oc3ccccc3)c2)CC1. The van der Waals surface area contributed by atoms with Crippen LogP contribution in [0, 0.1) is 0 Å². The van der Waals surface area contributed by atoms with Gasteiger partial charge in [0.2, 0.25) is 0 Å². The molecule has 5 heteroatoms. The van der Waals surface area contributed by atoms with E-state index >= 15 is 0 Å². The van der Waals surface area contributed by atoms with E-state index in [9.17, 15) is 4.79 Å². The molecule has 0 radical (unpaired) electrons. The third kappa shape index (κ3) is 4.81. The number of piperazine rings is 1. The molecule has 1 aliphatic heterocycles. The highest BCUT2D eigenvalue weighted by molar-refractivity contribution is 5.69. The molecule has 5 nitrogen and oxygen atoms in total. The van der Waals surface area contributed by atoms with Crippen molar-refractivity contribution in [1.29, 1.82) is 0 Å². The average Bonchev–Trinajstić information content (AvgIpc) is 2.57. The molecule has 3 rings (SSSR count). The molecule has 24 heavy (non-hydrogen) atoms. The molecule has 1 saturated heterocycles. The van der Waals surface area contributed by atoms with Gasteiger partial charge in [0.05, 0.1) is 6.54 Å². The Kier molecular flexibility index (Phi) is 5.46. The lowest BCUT2D eigenvalue weighted by atomic mass is 10.2. The van der Waals surface area contributed by atoms with Gasteiger partial charge in [0.25, 0.3) is 0 Å². The Bertz CT molecular complexity index is 667. The largest absolute Gasteiger partial charge is 0.480 e. The highest BCUT2D eigenvalue weighted by atomic mass is 16.5. The molecule has 1 N–H and O–H groups in total. The van der Waals surface area contributed by atoms with Crippen molar-refractivity contribution in [3.63, 3.8) is 0 Å². The molecule has 1 fully saturated rings. The minimum Gasteiger partial charge on any atom is -0.480 e. The van der Waals surface area contributed by atoms with Gasteiger partial charge in [0, 0.05) is 32.7 Å². The van der Waals surface area contributed by atoms with Crippen molar-refractivity contribution in [1.82, 2.24) is 9.80 Å². The number of hydrogen-bond donors (Lipinski definition) is 1. The highest BCUT2D eigenvalue weighted by Crippen LogP contribution is 2.22. The first kappa shape index (κ1) is 16.5. The summed E-state index contributed by atoms with van der Waals surface area (Å²) in [6, 6.07) is 17.9. The molecule has 0 aliphatic carbocycles. The second kappa shape index (κ2) is 7.95. The van der Waals surface area contributed by atoms with Gasteiger partial charge in [-0.1, -0.05) is 30.3 Å². The van der Waals surface area contributed by atoms with Crippen LogP contribution in [0.2, 0.25) is 0 Å².